The first-order chi connectivity index (χ1) is 19.9. The summed E-state index contributed by atoms with van der Waals surface area (Å²) < 4.78 is 7.29. The fourth-order valence-corrected chi connectivity index (χ4v) is 6.80. The van der Waals surface area contributed by atoms with Gasteiger partial charge in [0.15, 0.2) is 0 Å². The van der Waals surface area contributed by atoms with Crippen molar-refractivity contribution in [3.05, 3.63) is 100 Å². The Morgan fingerprint density at radius 1 is 1.00 bits per heavy atom. The number of aromatic nitrogens is 2. The highest BCUT2D eigenvalue weighted by molar-refractivity contribution is 8.00. The number of thioether (sulfide) groups is 1. The van der Waals surface area contributed by atoms with Crippen molar-refractivity contribution in [3.8, 4) is 16.9 Å². The Labute approximate surface area is 249 Å². The maximum Gasteiger partial charge on any atom is 0.242 e. The molecule has 41 heavy (non-hydrogen) atoms. The monoisotopic (exact) mass is 586 g/mol. The van der Waals surface area contributed by atoms with Crippen LogP contribution in [0.5, 0.6) is 0 Å². The third-order valence-corrected chi connectivity index (χ3v) is 9.10. The molecule has 2 aliphatic heterocycles. The molecule has 2 aliphatic rings. The van der Waals surface area contributed by atoms with E-state index in [4.69, 9.17) is 21.4 Å². The minimum Gasteiger partial charge on any atom is -0.378 e. The summed E-state index contributed by atoms with van der Waals surface area (Å²) in [5.41, 5.74) is 6.75. The molecule has 3 aromatic carbocycles. The van der Waals surface area contributed by atoms with Gasteiger partial charge in [0.05, 0.1) is 35.6 Å². The van der Waals surface area contributed by atoms with Crippen molar-refractivity contribution in [2.24, 2.45) is 0 Å². The van der Waals surface area contributed by atoms with E-state index in [9.17, 15) is 9.59 Å². The second kappa shape index (κ2) is 11.7. The van der Waals surface area contributed by atoms with Crippen LogP contribution in [0.25, 0.3) is 16.9 Å². The number of aryl methyl sites for hydroxylation is 2. The summed E-state index contributed by atoms with van der Waals surface area (Å²) in [6.45, 7) is 6.09. The lowest BCUT2D eigenvalue weighted by Gasteiger charge is -2.30. The molecule has 6 rings (SSSR count). The van der Waals surface area contributed by atoms with Crippen LogP contribution in [0, 0.1) is 13.8 Å². The molecule has 4 aromatic rings. The smallest absolute Gasteiger partial charge is 0.242 e. The quantitative estimate of drug-likeness (QED) is 0.294. The van der Waals surface area contributed by atoms with E-state index in [1.54, 1.807) is 21.6 Å². The SMILES string of the molecule is Cc1ccc(-n2nc(-c3ccc(Cl)cc3)c3c2N(CC(=O)N2CCOCC2)C(=O)CSC3c2ccccc2C)cc1. The molecule has 7 nitrogen and oxygen atoms in total. The van der Waals surface area contributed by atoms with Gasteiger partial charge in [-0.2, -0.15) is 5.10 Å². The van der Waals surface area contributed by atoms with Crippen LogP contribution in [0.2, 0.25) is 5.02 Å². The lowest BCUT2D eigenvalue weighted by Crippen LogP contribution is -2.48. The van der Waals surface area contributed by atoms with Crippen LogP contribution < -0.4 is 4.90 Å². The molecule has 1 unspecified atom stereocenters. The van der Waals surface area contributed by atoms with Gasteiger partial charge >= 0.3 is 0 Å². The van der Waals surface area contributed by atoms with Crippen molar-refractivity contribution in [2.45, 2.75) is 19.1 Å². The highest BCUT2D eigenvalue weighted by atomic mass is 35.5. The summed E-state index contributed by atoms with van der Waals surface area (Å²) in [6.07, 6.45) is 0. The molecule has 0 saturated carbocycles. The van der Waals surface area contributed by atoms with E-state index >= 15 is 0 Å². The van der Waals surface area contributed by atoms with Crippen LogP contribution >= 0.6 is 23.4 Å². The number of nitrogens with zero attached hydrogens (tertiary/aromatic N) is 4. The number of amides is 2. The van der Waals surface area contributed by atoms with E-state index in [0.717, 1.165) is 39.2 Å². The Hall–Kier alpha value is -3.59. The highest BCUT2D eigenvalue weighted by Gasteiger charge is 2.38. The number of carbonyl (C=O) groups excluding carboxylic acids is 2. The minimum absolute atomic E-state index is 0.0650. The molecule has 9 heteroatoms. The number of rotatable bonds is 5. The molecular weight excluding hydrogens is 556 g/mol. The lowest BCUT2D eigenvalue weighted by atomic mass is 9.96. The molecule has 3 heterocycles. The first-order valence-corrected chi connectivity index (χ1v) is 15.1. The van der Waals surface area contributed by atoms with Crippen molar-refractivity contribution >= 4 is 41.0 Å². The second-order valence-electron chi connectivity index (χ2n) is 10.4. The summed E-state index contributed by atoms with van der Waals surface area (Å²) in [5, 5.41) is 5.62. The maximum absolute atomic E-state index is 13.9. The van der Waals surface area contributed by atoms with Gasteiger partial charge < -0.3 is 9.64 Å². The van der Waals surface area contributed by atoms with Crippen LogP contribution in [-0.2, 0) is 14.3 Å². The predicted octanol–water partition coefficient (Wildman–Crippen LogP) is 5.84. The summed E-state index contributed by atoms with van der Waals surface area (Å²) >= 11 is 7.85. The largest absolute Gasteiger partial charge is 0.378 e. The third-order valence-electron chi connectivity index (χ3n) is 7.61. The average Bonchev–Trinajstić information content (AvgIpc) is 3.31. The first-order valence-electron chi connectivity index (χ1n) is 13.7. The number of fused-ring (bicyclic) bond motifs is 1. The number of benzene rings is 3. The topological polar surface area (TPSA) is 67.7 Å². The van der Waals surface area contributed by atoms with Crippen molar-refractivity contribution in [3.63, 3.8) is 0 Å². The van der Waals surface area contributed by atoms with Gasteiger partial charge in [-0.05, 0) is 49.2 Å². The number of anilines is 1. The van der Waals surface area contributed by atoms with Gasteiger partial charge in [-0.15, -0.1) is 11.8 Å². The van der Waals surface area contributed by atoms with Crippen LogP contribution in [0.15, 0.2) is 72.8 Å². The van der Waals surface area contributed by atoms with Gasteiger partial charge in [-0.25, -0.2) is 4.68 Å². The van der Waals surface area contributed by atoms with Crippen molar-refractivity contribution in [1.29, 1.82) is 0 Å². The van der Waals surface area contributed by atoms with Crippen LogP contribution in [0.1, 0.15) is 27.5 Å². The Kier molecular flexibility index (Phi) is 7.88. The summed E-state index contributed by atoms with van der Waals surface area (Å²) in [7, 11) is 0. The fourth-order valence-electron chi connectivity index (χ4n) is 5.38. The van der Waals surface area contributed by atoms with Gasteiger partial charge in [0.25, 0.3) is 0 Å². The molecule has 0 aliphatic carbocycles. The predicted molar refractivity (Wildman–Crippen MR) is 164 cm³/mol. The van der Waals surface area contributed by atoms with E-state index in [1.165, 1.54) is 0 Å². The standard InChI is InChI=1S/C32H31ClN4O3S/c1-21-7-13-25(14-8-21)37-32-29(30(34-37)23-9-11-24(33)12-10-23)31(26-6-4-3-5-22(26)2)41-20-28(39)36(32)19-27(38)35-15-17-40-18-16-35/h3-14,31H,15-20H2,1-2H3. The molecule has 0 N–H and O–H groups in total. The molecule has 1 fully saturated rings. The maximum atomic E-state index is 13.9. The van der Waals surface area contributed by atoms with Gasteiger partial charge in [0, 0.05) is 29.2 Å². The van der Waals surface area contributed by atoms with Crippen LogP contribution in [0.4, 0.5) is 5.82 Å². The van der Waals surface area contributed by atoms with E-state index in [1.807, 2.05) is 72.3 Å². The number of hydrogen-bond acceptors (Lipinski definition) is 5. The summed E-state index contributed by atoms with van der Waals surface area (Å²) in [4.78, 5) is 30.9. The zero-order chi connectivity index (χ0) is 28.5. The zero-order valence-electron chi connectivity index (χ0n) is 23.0. The molecule has 2 amide bonds. The Morgan fingerprint density at radius 2 is 1.71 bits per heavy atom. The second-order valence-corrected chi connectivity index (χ2v) is 11.9. The summed E-state index contributed by atoms with van der Waals surface area (Å²) in [6, 6.07) is 23.9. The van der Waals surface area contributed by atoms with Crippen molar-refractivity contribution < 1.29 is 14.3 Å². The minimum atomic E-state index is -0.177. The van der Waals surface area contributed by atoms with Crippen molar-refractivity contribution in [2.75, 3.05) is 43.5 Å². The number of halogens is 1. The Morgan fingerprint density at radius 3 is 2.41 bits per heavy atom. The molecule has 0 spiro atoms. The summed E-state index contributed by atoms with van der Waals surface area (Å²) in [5.74, 6) is 0.642. The van der Waals surface area contributed by atoms with E-state index < -0.39 is 0 Å². The average molecular weight is 587 g/mol. The van der Waals surface area contributed by atoms with E-state index in [2.05, 4.69) is 19.1 Å². The normalized spacial score (nSPS) is 17.3. The molecule has 210 valence electrons. The first kappa shape index (κ1) is 27.6. The molecule has 1 atom stereocenters. The number of carbonyl (C=O) groups is 2. The molecule has 0 bridgehead atoms. The molecule has 1 saturated heterocycles. The van der Waals surface area contributed by atoms with Crippen molar-refractivity contribution in [1.82, 2.24) is 14.7 Å². The lowest BCUT2D eigenvalue weighted by molar-refractivity contribution is -0.134. The van der Waals surface area contributed by atoms with Gasteiger partial charge in [0.2, 0.25) is 11.8 Å². The number of morpholine rings is 1. The van der Waals surface area contributed by atoms with E-state index in [0.29, 0.717) is 37.1 Å². The third kappa shape index (κ3) is 5.52. The van der Waals surface area contributed by atoms with E-state index in [-0.39, 0.29) is 29.4 Å². The Bertz CT molecular complexity index is 1580. The highest BCUT2D eigenvalue weighted by Crippen LogP contribution is 2.49. The molecular formula is C32H31ClN4O3S. The molecule has 1 aromatic heterocycles. The van der Waals surface area contributed by atoms with Gasteiger partial charge in [-0.3, -0.25) is 14.5 Å². The fraction of sp³-hybridized carbons (Fsp3) is 0.281. The van der Waals surface area contributed by atoms with Gasteiger partial charge in [-0.1, -0.05) is 65.7 Å². The number of hydrogen-bond donors (Lipinski definition) is 0. The van der Waals surface area contributed by atoms with Crippen LogP contribution in [-0.4, -0.2) is 65.1 Å². The molecule has 0 radical (unpaired) electrons. The Balaban J connectivity index is 1.60. The van der Waals surface area contributed by atoms with Crippen LogP contribution in [0.3, 0.4) is 0 Å². The van der Waals surface area contributed by atoms with Gasteiger partial charge in [0.1, 0.15) is 12.4 Å². The zero-order valence-corrected chi connectivity index (χ0v) is 24.6. The number of ether oxygens (including phenoxy) is 1.